The quantitative estimate of drug-likeness (QED) is 0.107. The van der Waals surface area contributed by atoms with Crippen LogP contribution in [0.4, 0.5) is 14.6 Å². The van der Waals surface area contributed by atoms with Gasteiger partial charge in [-0.15, -0.1) is 0 Å². The van der Waals surface area contributed by atoms with Crippen molar-refractivity contribution < 1.29 is 33.3 Å². The van der Waals surface area contributed by atoms with Gasteiger partial charge in [-0.05, 0) is 155 Å². The summed E-state index contributed by atoms with van der Waals surface area (Å²) in [7, 11) is 1.94. The van der Waals surface area contributed by atoms with Gasteiger partial charge in [0.1, 0.15) is 28.6 Å². The number of likely N-dealkylation sites (tertiary alicyclic amines) is 2. The van der Waals surface area contributed by atoms with Crippen molar-refractivity contribution in [2.75, 3.05) is 57.3 Å². The van der Waals surface area contributed by atoms with Crippen LogP contribution >= 0.6 is 0 Å². The molecule has 5 aliphatic rings. The average molecular weight is 970 g/mol. The summed E-state index contributed by atoms with van der Waals surface area (Å²) >= 11 is 0. The molecule has 4 saturated heterocycles. The van der Waals surface area contributed by atoms with Gasteiger partial charge in [-0.2, -0.15) is 15.1 Å². The number of β-amino-alcohol motifs (C(OH)–C–C–N with tert-alkyl or cyclic N) is 1. The number of nitrogens with zero attached hydrogens (tertiary/aromatic N) is 8. The van der Waals surface area contributed by atoms with Crippen LogP contribution in [-0.2, 0) is 23.1 Å². The number of fused-ring (bicyclic) bond motifs is 3. The predicted molar refractivity (Wildman–Crippen MR) is 268 cm³/mol. The monoisotopic (exact) mass is 970 g/mol. The first-order valence-corrected chi connectivity index (χ1v) is 26.0. The molecule has 71 heavy (non-hydrogen) atoms. The molecule has 4 aliphatic heterocycles. The number of rotatable bonds is 11. The molecule has 3 aromatic carbocycles. The van der Waals surface area contributed by atoms with Gasteiger partial charge in [0.15, 0.2) is 5.82 Å². The topological polar surface area (TPSA) is 162 Å². The minimum Gasteiger partial charge on any atom is -0.508 e. The molecule has 16 heteroatoms. The maximum atomic E-state index is 17.1. The van der Waals surface area contributed by atoms with Crippen LogP contribution < -0.4 is 15.0 Å². The Kier molecular flexibility index (Phi) is 12.9. The van der Waals surface area contributed by atoms with Gasteiger partial charge in [-0.25, -0.2) is 8.78 Å². The van der Waals surface area contributed by atoms with Crippen LogP contribution in [0.15, 0.2) is 48.7 Å². The molecule has 5 fully saturated rings. The van der Waals surface area contributed by atoms with Crippen LogP contribution in [0.25, 0.3) is 43.8 Å². The molecule has 1 aliphatic carbocycles. The number of carbonyl (C=O) groups excluding carboxylic acids is 2. The van der Waals surface area contributed by atoms with Crippen molar-refractivity contribution in [3.8, 4) is 23.0 Å². The molecule has 3 N–H and O–H groups in total. The normalized spacial score (nSPS) is 25.2. The number of ether oxygens (including phenoxy) is 1. The number of amides is 2. The van der Waals surface area contributed by atoms with E-state index >= 15 is 8.78 Å². The Morgan fingerprint density at radius 3 is 2.51 bits per heavy atom. The highest BCUT2D eigenvalue weighted by atomic mass is 19.1. The summed E-state index contributed by atoms with van der Waals surface area (Å²) in [6.07, 6.45) is 12.1. The SMILES string of the molecule is CCc1c(F)ccc2cc(O)cc(-c3ncc4c(N5CCC[C@@](C)(O)C5)nc(OCC5CCN(C6CCC(CN7CCC(c8ccc9c(C%10CCC(=O)NC%10=O)nn(C)c9c8)CC7)CC6)C5)nc4c3F)c12. The van der Waals surface area contributed by atoms with Crippen molar-refractivity contribution in [1.82, 2.24) is 39.8 Å². The van der Waals surface area contributed by atoms with Gasteiger partial charge in [-0.1, -0.05) is 25.1 Å². The third kappa shape index (κ3) is 9.43. The van der Waals surface area contributed by atoms with Crippen molar-refractivity contribution in [3.05, 3.63) is 77.1 Å². The minimum atomic E-state index is -0.957. The van der Waals surface area contributed by atoms with Crippen LogP contribution in [0.2, 0.25) is 0 Å². The summed E-state index contributed by atoms with van der Waals surface area (Å²) in [5, 5.41) is 31.5. The average Bonchev–Trinajstić information content (AvgIpc) is 3.97. The van der Waals surface area contributed by atoms with Gasteiger partial charge in [0.2, 0.25) is 11.8 Å². The molecule has 0 spiro atoms. The first-order chi connectivity index (χ1) is 34.3. The number of phenolic OH excluding ortho intramolecular Hbond substituents is 1. The number of piperidine rings is 3. The highest BCUT2D eigenvalue weighted by Gasteiger charge is 2.36. The van der Waals surface area contributed by atoms with Gasteiger partial charge < -0.3 is 24.7 Å². The number of phenols is 1. The lowest BCUT2D eigenvalue weighted by molar-refractivity contribution is -0.134. The molecule has 11 rings (SSSR count). The van der Waals surface area contributed by atoms with Crippen molar-refractivity contribution in [1.29, 1.82) is 0 Å². The molecular weight excluding hydrogens is 905 g/mol. The number of carbonyl (C=O) groups is 2. The highest BCUT2D eigenvalue weighted by Crippen LogP contribution is 2.41. The summed E-state index contributed by atoms with van der Waals surface area (Å²) in [6.45, 7) is 10.2. The van der Waals surface area contributed by atoms with E-state index in [0.29, 0.717) is 90.8 Å². The zero-order chi connectivity index (χ0) is 49.1. The molecule has 0 radical (unpaired) electrons. The summed E-state index contributed by atoms with van der Waals surface area (Å²) in [5.74, 6) is -0.181. The van der Waals surface area contributed by atoms with Crippen LogP contribution in [0, 0.1) is 23.5 Å². The summed E-state index contributed by atoms with van der Waals surface area (Å²) < 4.78 is 40.5. The Morgan fingerprint density at radius 1 is 0.915 bits per heavy atom. The van der Waals surface area contributed by atoms with E-state index in [1.165, 1.54) is 43.4 Å². The molecule has 6 aromatic rings. The standard InChI is InChI=1S/C55H65F2N9O5/c1-4-39-44(56)14-9-36-24-38(67)26-42(47(36)39)50-48(57)51-43(27-58-50)52(66-20-5-19-55(2,70)31-66)61-54(60-51)71-30-33-16-23-65(29-33)37-10-6-32(7-11-37)28-64-21-17-34(18-22-64)35-8-12-40-45(25-35)63(3)62-49(40)41-13-15-46(68)59-53(41)69/h8-9,12,14,24-27,32-34,37,41,67,70H,4-7,10-11,13,15-23,28-31H2,1-3H3,(H,59,68,69)/t32?,33?,37?,41?,55-/m1/s1. The highest BCUT2D eigenvalue weighted by molar-refractivity contribution is 6.03. The van der Waals surface area contributed by atoms with Crippen LogP contribution in [0.5, 0.6) is 11.8 Å². The Morgan fingerprint density at radius 2 is 1.73 bits per heavy atom. The Hall–Kier alpha value is -5.84. The maximum Gasteiger partial charge on any atom is 0.319 e. The smallest absolute Gasteiger partial charge is 0.319 e. The largest absolute Gasteiger partial charge is 0.508 e. The second-order valence-electron chi connectivity index (χ2n) is 21.5. The summed E-state index contributed by atoms with van der Waals surface area (Å²) in [6, 6.07) is 13.1. The van der Waals surface area contributed by atoms with E-state index in [2.05, 4.69) is 43.3 Å². The van der Waals surface area contributed by atoms with Crippen LogP contribution in [0.1, 0.15) is 113 Å². The molecule has 374 valence electrons. The van der Waals surface area contributed by atoms with Gasteiger partial charge in [0.05, 0.1) is 34.7 Å². The van der Waals surface area contributed by atoms with E-state index in [-0.39, 0.29) is 46.3 Å². The molecule has 2 unspecified atom stereocenters. The second-order valence-corrected chi connectivity index (χ2v) is 21.5. The van der Waals surface area contributed by atoms with E-state index in [4.69, 9.17) is 14.8 Å². The first-order valence-electron chi connectivity index (χ1n) is 26.0. The van der Waals surface area contributed by atoms with E-state index in [9.17, 15) is 19.8 Å². The molecule has 7 heterocycles. The number of nitrogens with one attached hydrogen (secondary N) is 1. The van der Waals surface area contributed by atoms with Gasteiger partial charge >= 0.3 is 6.01 Å². The summed E-state index contributed by atoms with van der Waals surface area (Å²) in [4.78, 5) is 45.8. The lowest BCUT2D eigenvalue weighted by Gasteiger charge is -2.38. The maximum absolute atomic E-state index is 17.1. The van der Waals surface area contributed by atoms with Crippen LogP contribution in [0.3, 0.4) is 0 Å². The zero-order valence-electron chi connectivity index (χ0n) is 41.1. The summed E-state index contributed by atoms with van der Waals surface area (Å²) in [5.41, 5.74) is 2.83. The molecule has 3 atom stereocenters. The molecule has 14 nitrogen and oxygen atoms in total. The molecular formula is C55H65F2N9O5. The van der Waals surface area contributed by atoms with Gasteiger partial charge in [0, 0.05) is 68.8 Å². The minimum absolute atomic E-state index is 0.0199. The third-order valence-electron chi connectivity index (χ3n) is 16.5. The first kappa shape index (κ1) is 47.5. The number of benzene rings is 3. The fourth-order valence-corrected chi connectivity index (χ4v) is 12.7. The lowest BCUT2D eigenvalue weighted by atomic mass is 9.83. The number of hydrogen-bond acceptors (Lipinski definition) is 12. The number of anilines is 1. The lowest BCUT2D eigenvalue weighted by Crippen LogP contribution is -2.46. The Labute approximate surface area is 412 Å². The number of imide groups is 1. The van der Waals surface area contributed by atoms with Crippen molar-refractivity contribution >= 4 is 50.2 Å². The molecule has 0 bridgehead atoms. The molecule has 3 aromatic heterocycles. The molecule has 1 saturated carbocycles. The van der Waals surface area contributed by atoms with Crippen molar-refractivity contribution in [2.45, 2.75) is 114 Å². The molecule has 2 amide bonds. The van der Waals surface area contributed by atoms with Gasteiger partial charge in [-0.3, -0.25) is 29.5 Å². The van der Waals surface area contributed by atoms with Gasteiger partial charge in [0.25, 0.3) is 0 Å². The van der Waals surface area contributed by atoms with Crippen LogP contribution in [-0.4, -0.2) is 121 Å². The number of aromatic nitrogens is 5. The predicted octanol–water partition coefficient (Wildman–Crippen LogP) is 8.29. The number of hydrogen-bond donors (Lipinski definition) is 3. The number of halogens is 2. The van der Waals surface area contributed by atoms with E-state index in [0.717, 1.165) is 75.0 Å². The zero-order valence-corrected chi connectivity index (χ0v) is 41.1. The Bertz CT molecular complexity index is 3020. The number of aryl methyl sites for hydroxylation is 2. The van der Waals surface area contributed by atoms with Crippen molar-refractivity contribution in [2.24, 2.45) is 18.9 Å². The number of aliphatic hydroxyl groups is 1. The third-order valence-corrected chi connectivity index (χ3v) is 16.5. The number of pyridine rings is 1. The van der Waals surface area contributed by atoms with E-state index in [1.54, 1.807) is 25.3 Å². The van der Waals surface area contributed by atoms with E-state index in [1.807, 2.05) is 23.6 Å². The fourth-order valence-electron chi connectivity index (χ4n) is 12.7. The second kappa shape index (κ2) is 19.3. The number of aromatic hydroxyl groups is 1. The van der Waals surface area contributed by atoms with Crippen molar-refractivity contribution in [3.63, 3.8) is 0 Å². The Balaban J connectivity index is 0.713. The van der Waals surface area contributed by atoms with E-state index < -0.39 is 23.2 Å². The fraction of sp³-hybridized carbons (Fsp3) is 0.527.